The lowest BCUT2D eigenvalue weighted by Gasteiger charge is -2.35. The fourth-order valence-electron chi connectivity index (χ4n) is 1.71. The van der Waals surface area contributed by atoms with Crippen LogP contribution in [0.1, 0.15) is 5.56 Å². The zero-order valence-electron chi connectivity index (χ0n) is 9.50. The molecule has 1 aliphatic rings. The molecule has 0 saturated carbocycles. The summed E-state index contributed by atoms with van der Waals surface area (Å²) in [5, 5.41) is 9.01. The molecule has 98 valence electrons. The van der Waals surface area contributed by atoms with E-state index in [0.717, 1.165) is 4.31 Å². The molecular weight excluding hydrogens is 280 g/mol. The smallest absolute Gasteiger partial charge is 0.309 e. The number of carbonyl (C=O) groups is 1. The Kier molecular flexibility index (Phi) is 3.31. The Bertz CT molecular complexity index is 596. The number of carboxylic acid groups (broad SMARTS) is 1. The van der Waals surface area contributed by atoms with Gasteiger partial charge < -0.3 is 5.11 Å². The van der Waals surface area contributed by atoms with Crippen LogP contribution in [0.5, 0.6) is 0 Å². The number of nitrogens with zero attached hydrogens (tertiary/aromatic N) is 2. The van der Waals surface area contributed by atoms with Crippen LogP contribution in [0, 0.1) is 12.8 Å². The van der Waals surface area contributed by atoms with Crippen LogP contribution in [0.15, 0.2) is 17.3 Å². The summed E-state index contributed by atoms with van der Waals surface area (Å²) in [7, 11) is -3.72. The molecule has 1 saturated heterocycles. The third-order valence-corrected chi connectivity index (χ3v) is 4.88. The van der Waals surface area contributed by atoms with Gasteiger partial charge in [-0.1, -0.05) is 11.6 Å². The molecule has 1 aliphatic heterocycles. The Balaban J connectivity index is 2.25. The molecule has 8 heteroatoms. The van der Waals surface area contributed by atoms with Crippen molar-refractivity contribution >= 4 is 27.6 Å². The number of aliphatic carboxylic acids is 1. The summed E-state index contributed by atoms with van der Waals surface area (Å²) in [6.07, 6.45) is 1.26. The predicted octanol–water partition coefficient (Wildman–Crippen LogP) is 0.749. The molecular formula is C10H11ClN2O4S. The van der Waals surface area contributed by atoms with E-state index in [1.807, 2.05) is 0 Å². The van der Waals surface area contributed by atoms with E-state index in [9.17, 15) is 13.2 Å². The summed E-state index contributed by atoms with van der Waals surface area (Å²) in [6, 6.07) is 1.51. The normalized spacial score (nSPS) is 17.4. The molecule has 0 atom stereocenters. The first kappa shape index (κ1) is 13.3. The molecule has 2 heterocycles. The minimum atomic E-state index is -3.72. The van der Waals surface area contributed by atoms with Gasteiger partial charge in [-0.25, -0.2) is 13.4 Å². The van der Waals surface area contributed by atoms with Crippen molar-refractivity contribution in [3.8, 4) is 0 Å². The average Bonchev–Trinajstić information content (AvgIpc) is 2.12. The summed E-state index contributed by atoms with van der Waals surface area (Å²) < 4.78 is 25.4. The minimum absolute atomic E-state index is 0.0125. The highest BCUT2D eigenvalue weighted by Gasteiger charge is 2.41. The molecule has 0 aliphatic carbocycles. The number of aromatic nitrogens is 1. The van der Waals surface area contributed by atoms with E-state index < -0.39 is 21.9 Å². The number of pyridine rings is 1. The van der Waals surface area contributed by atoms with Crippen molar-refractivity contribution in [2.75, 3.05) is 13.1 Å². The second-order valence-electron chi connectivity index (χ2n) is 4.13. The Morgan fingerprint density at radius 2 is 2.17 bits per heavy atom. The van der Waals surface area contributed by atoms with E-state index in [2.05, 4.69) is 4.98 Å². The highest BCUT2D eigenvalue weighted by molar-refractivity contribution is 7.89. The summed E-state index contributed by atoms with van der Waals surface area (Å²) in [6.45, 7) is 1.57. The highest BCUT2D eigenvalue weighted by atomic mass is 35.5. The van der Waals surface area contributed by atoms with E-state index in [1.54, 1.807) is 6.92 Å². The van der Waals surface area contributed by atoms with Gasteiger partial charge in [-0.2, -0.15) is 4.31 Å². The van der Waals surface area contributed by atoms with Crippen molar-refractivity contribution in [2.24, 2.45) is 5.92 Å². The quantitative estimate of drug-likeness (QED) is 0.887. The fraction of sp³-hybridized carbons (Fsp3) is 0.400. The lowest BCUT2D eigenvalue weighted by molar-refractivity contribution is -0.145. The first-order valence-corrected chi connectivity index (χ1v) is 6.99. The van der Waals surface area contributed by atoms with Crippen LogP contribution < -0.4 is 0 Å². The third-order valence-electron chi connectivity index (χ3n) is 2.78. The van der Waals surface area contributed by atoms with Crippen molar-refractivity contribution in [3.63, 3.8) is 0 Å². The Morgan fingerprint density at radius 1 is 1.56 bits per heavy atom. The second-order valence-corrected chi connectivity index (χ2v) is 6.42. The number of halogens is 1. The Morgan fingerprint density at radius 3 is 2.67 bits per heavy atom. The first-order chi connectivity index (χ1) is 8.32. The van der Waals surface area contributed by atoms with E-state index in [4.69, 9.17) is 16.7 Å². The molecule has 6 nitrogen and oxygen atoms in total. The van der Waals surface area contributed by atoms with Crippen molar-refractivity contribution in [1.82, 2.24) is 9.29 Å². The van der Waals surface area contributed by atoms with Crippen LogP contribution in [-0.2, 0) is 14.8 Å². The molecule has 0 unspecified atom stereocenters. The largest absolute Gasteiger partial charge is 0.481 e. The third kappa shape index (κ3) is 2.21. The van der Waals surface area contributed by atoms with Crippen molar-refractivity contribution in [1.29, 1.82) is 0 Å². The number of aryl methyl sites for hydroxylation is 1. The van der Waals surface area contributed by atoms with Crippen LogP contribution in [0.25, 0.3) is 0 Å². The second kappa shape index (κ2) is 4.49. The fourth-order valence-corrected chi connectivity index (χ4v) is 3.57. The van der Waals surface area contributed by atoms with Gasteiger partial charge in [0.25, 0.3) is 10.0 Å². The lowest BCUT2D eigenvalue weighted by atomic mass is 10.0. The maximum atomic E-state index is 12.1. The van der Waals surface area contributed by atoms with Crippen LogP contribution in [0.2, 0.25) is 5.02 Å². The van der Waals surface area contributed by atoms with Gasteiger partial charge in [0.2, 0.25) is 0 Å². The maximum absolute atomic E-state index is 12.1. The molecule has 0 spiro atoms. The molecule has 1 N–H and O–H groups in total. The monoisotopic (exact) mass is 290 g/mol. The van der Waals surface area contributed by atoms with E-state index in [-0.39, 0.29) is 18.1 Å². The Hall–Kier alpha value is -1.18. The van der Waals surface area contributed by atoms with Crippen LogP contribution in [0.4, 0.5) is 0 Å². The predicted molar refractivity (Wildman–Crippen MR) is 63.9 cm³/mol. The van der Waals surface area contributed by atoms with Gasteiger partial charge >= 0.3 is 5.97 Å². The van der Waals surface area contributed by atoms with Crippen molar-refractivity contribution in [3.05, 3.63) is 22.8 Å². The van der Waals surface area contributed by atoms with Crippen LogP contribution in [0.3, 0.4) is 0 Å². The van der Waals surface area contributed by atoms with E-state index >= 15 is 0 Å². The average molecular weight is 291 g/mol. The maximum Gasteiger partial charge on any atom is 0.309 e. The topological polar surface area (TPSA) is 87.6 Å². The molecule has 1 aromatic rings. The molecule has 1 fully saturated rings. The summed E-state index contributed by atoms with van der Waals surface area (Å²) in [4.78, 5) is 14.5. The zero-order chi connectivity index (χ0) is 13.5. The molecule has 18 heavy (non-hydrogen) atoms. The van der Waals surface area contributed by atoms with Gasteiger partial charge in [-0.15, -0.1) is 0 Å². The SMILES string of the molecule is Cc1cc(Cl)cnc1S(=O)(=O)N1CC(C(=O)O)C1. The van der Waals surface area contributed by atoms with Crippen molar-refractivity contribution in [2.45, 2.75) is 11.9 Å². The van der Waals surface area contributed by atoms with E-state index in [0.29, 0.717) is 10.6 Å². The van der Waals surface area contributed by atoms with Gasteiger partial charge in [0.15, 0.2) is 5.03 Å². The van der Waals surface area contributed by atoms with Gasteiger partial charge in [-0.05, 0) is 18.6 Å². The Labute approximate surface area is 109 Å². The molecule has 0 radical (unpaired) electrons. The van der Waals surface area contributed by atoms with Crippen LogP contribution in [-0.4, -0.2) is 41.9 Å². The zero-order valence-corrected chi connectivity index (χ0v) is 11.1. The number of rotatable bonds is 3. The molecule has 1 aromatic heterocycles. The van der Waals surface area contributed by atoms with Gasteiger partial charge in [0.1, 0.15) is 0 Å². The van der Waals surface area contributed by atoms with Gasteiger partial charge in [0.05, 0.1) is 10.9 Å². The summed E-state index contributed by atoms with van der Waals surface area (Å²) in [5.41, 5.74) is 0.446. The van der Waals surface area contributed by atoms with Gasteiger partial charge in [-0.3, -0.25) is 4.79 Å². The molecule has 0 bridgehead atoms. The molecule has 0 aromatic carbocycles. The number of carboxylic acids is 1. The first-order valence-electron chi connectivity index (χ1n) is 5.17. The standard InChI is InChI=1S/C10H11ClN2O4S/c1-6-2-8(11)3-12-9(6)18(16,17)13-4-7(5-13)10(14)15/h2-3,7H,4-5H2,1H3,(H,14,15). The number of hydrogen-bond acceptors (Lipinski definition) is 4. The van der Waals surface area contributed by atoms with E-state index in [1.165, 1.54) is 12.3 Å². The number of hydrogen-bond donors (Lipinski definition) is 1. The molecule has 0 amide bonds. The highest BCUT2D eigenvalue weighted by Crippen LogP contribution is 2.26. The summed E-state index contributed by atoms with van der Waals surface area (Å²) >= 11 is 5.71. The molecule has 2 rings (SSSR count). The summed E-state index contributed by atoms with van der Waals surface area (Å²) in [5.74, 6) is -1.62. The van der Waals surface area contributed by atoms with Crippen LogP contribution >= 0.6 is 11.6 Å². The van der Waals surface area contributed by atoms with Gasteiger partial charge in [0, 0.05) is 19.3 Å². The minimum Gasteiger partial charge on any atom is -0.481 e. The lowest BCUT2D eigenvalue weighted by Crippen LogP contribution is -2.53. The van der Waals surface area contributed by atoms with Crippen molar-refractivity contribution < 1.29 is 18.3 Å². The number of sulfonamides is 1.